The predicted molar refractivity (Wildman–Crippen MR) is 63.7 cm³/mol. The molecule has 2 rings (SSSR count). The highest BCUT2D eigenvalue weighted by molar-refractivity contribution is 5.62. The Morgan fingerprint density at radius 2 is 2.19 bits per heavy atom. The van der Waals surface area contributed by atoms with Crippen molar-refractivity contribution in [2.24, 2.45) is 5.41 Å². The van der Waals surface area contributed by atoms with Gasteiger partial charge in [0.05, 0.1) is 4.92 Å². The second kappa shape index (κ2) is 3.77. The maximum absolute atomic E-state index is 10.8. The van der Waals surface area contributed by atoms with Crippen LogP contribution in [0.5, 0.6) is 0 Å². The van der Waals surface area contributed by atoms with E-state index in [4.69, 9.17) is 0 Å². The van der Waals surface area contributed by atoms with E-state index < -0.39 is 0 Å². The van der Waals surface area contributed by atoms with Crippen LogP contribution >= 0.6 is 0 Å². The molecule has 86 valence electrons. The van der Waals surface area contributed by atoms with Crippen molar-refractivity contribution < 1.29 is 4.92 Å². The number of benzene rings is 1. The van der Waals surface area contributed by atoms with E-state index in [1.807, 2.05) is 13.0 Å². The molecule has 0 saturated heterocycles. The van der Waals surface area contributed by atoms with Crippen LogP contribution in [0.1, 0.15) is 25.3 Å². The summed E-state index contributed by atoms with van der Waals surface area (Å²) in [4.78, 5) is 10.5. The minimum Gasteiger partial charge on any atom is -0.379 e. The first-order valence-electron chi connectivity index (χ1n) is 5.49. The Bertz CT molecular complexity index is 425. The number of anilines is 1. The molecule has 4 heteroatoms. The first kappa shape index (κ1) is 10.9. The van der Waals surface area contributed by atoms with E-state index in [-0.39, 0.29) is 10.6 Å². The number of hydrogen-bond donors (Lipinski definition) is 1. The Hall–Kier alpha value is -1.58. The van der Waals surface area contributed by atoms with Crippen LogP contribution in [-0.4, -0.2) is 11.5 Å². The van der Waals surface area contributed by atoms with Gasteiger partial charge in [-0.15, -0.1) is 0 Å². The molecule has 0 spiro atoms. The molecule has 1 N–H and O–H groups in total. The first-order valence-corrected chi connectivity index (χ1v) is 5.49. The van der Waals surface area contributed by atoms with E-state index >= 15 is 0 Å². The normalized spacial score (nSPS) is 16.9. The zero-order valence-electron chi connectivity index (χ0n) is 9.62. The number of nitro groups is 1. The first-order chi connectivity index (χ1) is 7.50. The summed E-state index contributed by atoms with van der Waals surface area (Å²) in [6.45, 7) is 4.95. The van der Waals surface area contributed by atoms with Crippen molar-refractivity contribution in [2.45, 2.75) is 26.7 Å². The van der Waals surface area contributed by atoms with Crippen LogP contribution in [0, 0.1) is 22.5 Å². The Morgan fingerprint density at radius 1 is 1.50 bits per heavy atom. The average Bonchev–Trinajstić information content (AvgIpc) is 2.94. The summed E-state index contributed by atoms with van der Waals surface area (Å²) in [5.74, 6) is 0. The van der Waals surface area contributed by atoms with Gasteiger partial charge < -0.3 is 5.32 Å². The maximum atomic E-state index is 10.8. The molecule has 16 heavy (non-hydrogen) atoms. The molecule has 0 bridgehead atoms. The molecule has 0 radical (unpaired) electrons. The van der Waals surface area contributed by atoms with Gasteiger partial charge in [-0.1, -0.05) is 13.0 Å². The van der Waals surface area contributed by atoms with E-state index in [1.54, 1.807) is 12.1 Å². The molecule has 0 heterocycles. The smallest absolute Gasteiger partial charge is 0.292 e. The standard InChI is InChI=1S/C12H16N2O2/c1-9-3-4-11(14(15)16)10(7-9)13-8-12(2)5-6-12/h3-4,7,13H,5-6,8H2,1-2H3. The van der Waals surface area contributed by atoms with Gasteiger partial charge in [0.1, 0.15) is 5.69 Å². The SMILES string of the molecule is Cc1ccc([N+](=O)[O-])c(NCC2(C)CC2)c1. The van der Waals surface area contributed by atoms with Gasteiger partial charge in [0, 0.05) is 12.6 Å². The number of rotatable bonds is 4. The fraction of sp³-hybridized carbons (Fsp3) is 0.500. The van der Waals surface area contributed by atoms with Crippen LogP contribution in [-0.2, 0) is 0 Å². The number of nitrogens with one attached hydrogen (secondary N) is 1. The van der Waals surface area contributed by atoms with Crippen molar-refractivity contribution in [3.63, 3.8) is 0 Å². The molecule has 0 unspecified atom stereocenters. The molecule has 1 aromatic carbocycles. The Kier molecular flexibility index (Phi) is 2.58. The highest BCUT2D eigenvalue weighted by atomic mass is 16.6. The molecule has 0 aliphatic heterocycles. The summed E-state index contributed by atoms with van der Waals surface area (Å²) in [6.07, 6.45) is 2.42. The zero-order chi connectivity index (χ0) is 11.8. The summed E-state index contributed by atoms with van der Waals surface area (Å²) >= 11 is 0. The summed E-state index contributed by atoms with van der Waals surface area (Å²) in [5.41, 5.74) is 2.18. The van der Waals surface area contributed by atoms with Crippen LogP contribution in [0.3, 0.4) is 0 Å². The van der Waals surface area contributed by atoms with Gasteiger partial charge in [0.2, 0.25) is 0 Å². The fourth-order valence-corrected chi connectivity index (χ4v) is 1.65. The van der Waals surface area contributed by atoms with Crippen LogP contribution in [0.15, 0.2) is 18.2 Å². The summed E-state index contributed by atoms with van der Waals surface area (Å²) in [6, 6.07) is 5.17. The third-order valence-corrected chi connectivity index (χ3v) is 3.16. The molecule has 1 saturated carbocycles. The number of nitrogens with zero attached hydrogens (tertiary/aromatic N) is 1. The van der Waals surface area contributed by atoms with E-state index in [2.05, 4.69) is 12.2 Å². The summed E-state index contributed by atoms with van der Waals surface area (Å²) in [5, 5.41) is 14.0. The summed E-state index contributed by atoms with van der Waals surface area (Å²) in [7, 11) is 0. The van der Waals surface area contributed by atoms with Crippen molar-refractivity contribution in [1.82, 2.24) is 0 Å². The van der Waals surface area contributed by atoms with Crippen LogP contribution < -0.4 is 5.32 Å². The summed E-state index contributed by atoms with van der Waals surface area (Å²) < 4.78 is 0. The molecule has 4 nitrogen and oxygen atoms in total. The maximum Gasteiger partial charge on any atom is 0.292 e. The van der Waals surface area contributed by atoms with Gasteiger partial charge in [-0.2, -0.15) is 0 Å². The van der Waals surface area contributed by atoms with Gasteiger partial charge in [-0.25, -0.2) is 0 Å². The van der Waals surface area contributed by atoms with Crippen molar-refractivity contribution in [2.75, 3.05) is 11.9 Å². The molecule has 1 aliphatic carbocycles. The monoisotopic (exact) mass is 220 g/mol. The lowest BCUT2D eigenvalue weighted by atomic mass is 10.1. The van der Waals surface area contributed by atoms with Gasteiger partial charge >= 0.3 is 0 Å². The van der Waals surface area contributed by atoms with Gasteiger partial charge in [0.15, 0.2) is 0 Å². The zero-order valence-corrected chi connectivity index (χ0v) is 9.62. The van der Waals surface area contributed by atoms with Gasteiger partial charge in [0.25, 0.3) is 5.69 Å². The van der Waals surface area contributed by atoms with Crippen molar-refractivity contribution in [1.29, 1.82) is 0 Å². The largest absolute Gasteiger partial charge is 0.379 e. The lowest BCUT2D eigenvalue weighted by Crippen LogP contribution is -2.12. The minimum absolute atomic E-state index is 0.162. The molecular weight excluding hydrogens is 204 g/mol. The van der Waals surface area contributed by atoms with E-state index in [0.29, 0.717) is 11.1 Å². The molecule has 1 aromatic rings. The Labute approximate surface area is 94.8 Å². The van der Waals surface area contributed by atoms with Gasteiger partial charge in [-0.3, -0.25) is 10.1 Å². The van der Waals surface area contributed by atoms with Crippen molar-refractivity contribution in [3.8, 4) is 0 Å². The molecular formula is C12H16N2O2. The molecule has 0 atom stereocenters. The number of nitro benzene ring substituents is 1. The molecule has 1 aliphatic rings. The number of hydrogen-bond acceptors (Lipinski definition) is 3. The second-order valence-electron chi connectivity index (χ2n) is 4.94. The van der Waals surface area contributed by atoms with Crippen molar-refractivity contribution in [3.05, 3.63) is 33.9 Å². The lowest BCUT2D eigenvalue weighted by Gasteiger charge is -2.12. The third-order valence-electron chi connectivity index (χ3n) is 3.16. The highest BCUT2D eigenvalue weighted by Crippen LogP contribution is 2.45. The van der Waals surface area contributed by atoms with E-state index in [0.717, 1.165) is 12.1 Å². The van der Waals surface area contributed by atoms with Crippen LogP contribution in [0.25, 0.3) is 0 Å². The van der Waals surface area contributed by atoms with Crippen LogP contribution in [0.4, 0.5) is 11.4 Å². The quantitative estimate of drug-likeness (QED) is 0.626. The predicted octanol–water partition coefficient (Wildman–Crippen LogP) is 3.12. The van der Waals surface area contributed by atoms with E-state index in [1.165, 1.54) is 12.8 Å². The van der Waals surface area contributed by atoms with Crippen LogP contribution in [0.2, 0.25) is 0 Å². The molecule has 1 fully saturated rings. The molecule has 0 amide bonds. The highest BCUT2D eigenvalue weighted by Gasteiger charge is 2.37. The topological polar surface area (TPSA) is 55.2 Å². The minimum atomic E-state index is -0.336. The Morgan fingerprint density at radius 3 is 2.75 bits per heavy atom. The Balaban J connectivity index is 2.16. The van der Waals surface area contributed by atoms with Gasteiger partial charge in [-0.05, 0) is 36.8 Å². The molecule has 0 aromatic heterocycles. The lowest BCUT2D eigenvalue weighted by molar-refractivity contribution is -0.384. The average molecular weight is 220 g/mol. The third kappa shape index (κ3) is 2.32. The second-order valence-corrected chi connectivity index (χ2v) is 4.94. The fourth-order valence-electron chi connectivity index (χ4n) is 1.65. The number of aryl methyl sites for hydroxylation is 1. The van der Waals surface area contributed by atoms with Crippen molar-refractivity contribution >= 4 is 11.4 Å². The van der Waals surface area contributed by atoms with E-state index in [9.17, 15) is 10.1 Å².